The molecular formula is C20H24O4S. The number of aryl methyl sites for hydroxylation is 1. The molecule has 0 amide bonds. The van der Waals surface area contributed by atoms with Crippen molar-refractivity contribution >= 4 is 9.84 Å². The summed E-state index contributed by atoms with van der Waals surface area (Å²) < 4.78 is 34.8. The molecule has 0 N–H and O–H groups in total. The van der Waals surface area contributed by atoms with Crippen LogP contribution in [0.25, 0.3) is 11.1 Å². The zero-order valence-corrected chi connectivity index (χ0v) is 15.6. The lowest BCUT2D eigenvalue weighted by molar-refractivity contribution is 0.315. The molecule has 0 spiro atoms. The van der Waals surface area contributed by atoms with E-state index >= 15 is 0 Å². The summed E-state index contributed by atoms with van der Waals surface area (Å²) in [4.78, 5) is 0. The molecule has 1 aliphatic heterocycles. The number of rotatable bonds is 6. The lowest BCUT2D eigenvalue weighted by Crippen LogP contribution is -2.12. The molecule has 0 saturated carbocycles. The zero-order chi connectivity index (χ0) is 17.9. The van der Waals surface area contributed by atoms with Gasteiger partial charge in [-0.15, -0.1) is 0 Å². The van der Waals surface area contributed by atoms with Crippen molar-refractivity contribution in [2.24, 2.45) is 0 Å². The van der Waals surface area contributed by atoms with Crippen molar-refractivity contribution in [2.75, 3.05) is 24.7 Å². The first-order valence-corrected chi connectivity index (χ1v) is 10.5. The molecule has 3 rings (SSSR count). The minimum atomic E-state index is -2.93. The molecule has 1 heterocycles. The summed E-state index contributed by atoms with van der Waals surface area (Å²) in [5, 5.41) is 0. The van der Waals surface area contributed by atoms with Gasteiger partial charge in [0.05, 0.1) is 19.0 Å². The number of para-hydroxylation sites is 1. The van der Waals surface area contributed by atoms with Crippen LogP contribution in [-0.2, 0) is 16.3 Å². The van der Waals surface area contributed by atoms with E-state index in [1.54, 1.807) is 6.92 Å². The molecule has 2 aromatic rings. The first kappa shape index (κ1) is 17.8. The Labute approximate surface area is 149 Å². The van der Waals surface area contributed by atoms with E-state index in [1.807, 2.05) is 24.3 Å². The quantitative estimate of drug-likeness (QED) is 0.735. The van der Waals surface area contributed by atoms with Crippen LogP contribution in [0, 0.1) is 6.92 Å². The molecular weight excluding hydrogens is 336 g/mol. The van der Waals surface area contributed by atoms with Crippen LogP contribution in [0.1, 0.15) is 24.5 Å². The van der Waals surface area contributed by atoms with Crippen LogP contribution in [0.5, 0.6) is 11.5 Å². The third-order valence-electron chi connectivity index (χ3n) is 4.48. The molecule has 2 aromatic carbocycles. The molecule has 0 unspecified atom stereocenters. The topological polar surface area (TPSA) is 52.6 Å². The highest BCUT2D eigenvalue weighted by atomic mass is 32.2. The van der Waals surface area contributed by atoms with Crippen molar-refractivity contribution < 1.29 is 17.9 Å². The Kier molecular flexibility index (Phi) is 5.33. The normalized spacial score (nSPS) is 13.4. The standard InChI is InChI=1S/C20H24O4S/c1-3-25(21,22)12-6-10-23-17-13-15(2)20-16(14-17)9-11-24-19-8-5-4-7-18(19)20/h4-5,7-8,13-14H,3,6,9-12H2,1-2H3. The highest BCUT2D eigenvalue weighted by molar-refractivity contribution is 7.91. The number of fused-ring (bicyclic) bond motifs is 3. The van der Waals surface area contributed by atoms with Gasteiger partial charge >= 0.3 is 0 Å². The lowest BCUT2D eigenvalue weighted by Gasteiger charge is -2.14. The molecule has 0 radical (unpaired) electrons. The first-order valence-electron chi connectivity index (χ1n) is 8.69. The van der Waals surface area contributed by atoms with Gasteiger partial charge in [0.2, 0.25) is 0 Å². The zero-order valence-electron chi connectivity index (χ0n) is 14.7. The molecule has 25 heavy (non-hydrogen) atoms. The van der Waals surface area contributed by atoms with E-state index in [9.17, 15) is 8.42 Å². The highest BCUT2D eigenvalue weighted by Crippen LogP contribution is 2.39. The summed E-state index contributed by atoms with van der Waals surface area (Å²) in [5.41, 5.74) is 4.69. The minimum Gasteiger partial charge on any atom is -0.494 e. The fourth-order valence-corrected chi connectivity index (χ4v) is 4.02. The Balaban J connectivity index is 1.78. The second kappa shape index (κ2) is 7.48. The third kappa shape index (κ3) is 4.15. The summed E-state index contributed by atoms with van der Waals surface area (Å²) in [6.07, 6.45) is 1.34. The van der Waals surface area contributed by atoms with E-state index in [0.717, 1.165) is 29.0 Å². The van der Waals surface area contributed by atoms with Gasteiger partial charge in [-0.05, 0) is 48.2 Å². The molecule has 134 valence electrons. The van der Waals surface area contributed by atoms with E-state index in [-0.39, 0.29) is 11.5 Å². The van der Waals surface area contributed by atoms with Gasteiger partial charge in [-0.25, -0.2) is 8.42 Å². The summed E-state index contributed by atoms with van der Waals surface area (Å²) in [7, 11) is -2.93. The molecule has 1 aliphatic rings. The molecule has 0 aliphatic carbocycles. The Morgan fingerprint density at radius 1 is 1.20 bits per heavy atom. The largest absolute Gasteiger partial charge is 0.494 e. The monoisotopic (exact) mass is 360 g/mol. The predicted molar refractivity (Wildman–Crippen MR) is 100 cm³/mol. The van der Waals surface area contributed by atoms with E-state index in [4.69, 9.17) is 9.47 Å². The van der Waals surface area contributed by atoms with Gasteiger partial charge in [0.15, 0.2) is 0 Å². The molecule has 0 saturated heterocycles. The molecule has 0 atom stereocenters. The fourth-order valence-electron chi connectivity index (χ4n) is 3.17. The van der Waals surface area contributed by atoms with Crippen molar-refractivity contribution in [3.63, 3.8) is 0 Å². The van der Waals surface area contributed by atoms with Gasteiger partial charge in [0.1, 0.15) is 21.3 Å². The Hall–Kier alpha value is -2.01. The number of hydrogen-bond acceptors (Lipinski definition) is 4. The summed E-state index contributed by atoms with van der Waals surface area (Å²) in [6.45, 7) is 4.80. The number of ether oxygens (including phenoxy) is 2. The van der Waals surface area contributed by atoms with Crippen LogP contribution in [0.2, 0.25) is 0 Å². The van der Waals surface area contributed by atoms with Crippen molar-refractivity contribution in [3.05, 3.63) is 47.5 Å². The van der Waals surface area contributed by atoms with Gasteiger partial charge in [0.25, 0.3) is 0 Å². The predicted octanol–water partition coefficient (Wildman–Crippen LogP) is 3.80. The summed E-state index contributed by atoms with van der Waals surface area (Å²) in [5.74, 6) is 2.08. The highest BCUT2D eigenvalue weighted by Gasteiger charge is 2.18. The molecule has 0 aromatic heterocycles. The maximum Gasteiger partial charge on any atom is 0.150 e. The van der Waals surface area contributed by atoms with Crippen molar-refractivity contribution in [1.29, 1.82) is 0 Å². The van der Waals surface area contributed by atoms with Crippen molar-refractivity contribution in [1.82, 2.24) is 0 Å². The smallest absolute Gasteiger partial charge is 0.150 e. The van der Waals surface area contributed by atoms with Crippen molar-refractivity contribution in [2.45, 2.75) is 26.7 Å². The third-order valence-corrected chi connectivity index (χ3v) is 6.27. The van der Waals surface area contributed by atoms with Gasteiger partial charge < -0.3 is 9.47 Å². The SMILES string of the molecule is CCS(=O)(=O)CCCOc1cc(C)c2c(c1)CCOc1ccccc1-2. The fraction of sp³-hybridized carbons (Fsp3) is 0.400. The number of hydrogen-bond donors (Lipinski definition) is 0. The van der Waals surface area contributed by atoms with E-state index in [1.165, 1.54) is 11.1 Å². The van der Waals surface area contributed by atoms with Crippen LogP contribution in [-0.4, -0.2) is 33.1 Å². The average molecular weight is 360 g/mol. The maximum atomic E-state index is 11.5. The number of sulfone groups is 1. The van der Waals surface area contributed by atoms with Gasteiger partial charge in [-0.1, -0.05) is 25.1 Å². The first-order chi connectivity index (χ1) is 12.0. The lowest BCUT2D eigenvalue weighted by atomic mass is 9.93. The van der Waals surface area contributed by atoms with Crippen LogP contribution in [0.15, 0.2) is 36.4 Å². The molecule has 4 nitrogen and oxygen atoms in total. The second-order valence-corrected chi connectivity index (χ2v) is 8.78. The minimum absolute atomic E-state index is 0.175. The summed E-state index contributed by atoms with van der Waals surface area (Å²) >= 11 is 0. The van der Waals surface area contributed by atoms with Crippen LogP contribution < -0.4 is 9.47 Å². The van der Waals surface area contributed by atoms with E-state index in [2.05, 4.69) is 19.1 Å². The van der Waals surface area contributed by atoms with Crippen LogP contribution in [0.3, 0.4) is 0 Å². The van der Waals surface area contributed by atoms with Gasteiger partial charge in [-0.2, -0.15) is 0 Å². The Bertz CT molecular complexity index is 856. The maximum absolute atomic E-state index is 11.5. The molecule has 5 heteroatoms. The van der Waals surface area contributed by atoms with Crippen LogP contribution >= 0.6 is 0 Å². The van der Waals surface area contributed by atoms with Crippen LogP contribution in [0.4, 0.5) is 0 Å². The van der Waals surface area contributed by atoms with E-state index < -0.39 is 9.84 Å². The molecule has 0 fully saturated rings. The Morgan fingerprint density at radius 3 is 2.80 bits per heavy atom. The average Bonchev–Trinajstić information content (AvgIpc) is 2.78. The number of benzene rings is 2. The van der Waals surface area contributed by atoms with Gasteiger partial charge in [0, 0.05) is 17.7 Å². The molecule has 0 bridgehead atoms. The van der Waals surface area contributed by atoms with Gasteiger partial charge in [-0.3, -0.25) is 0 Å². The second-order valence-electron chi connectivity index (χ2n) is 6.31. The Morgan fingerprint density at radius 2 is 2.00 bits per heavy atom. The van der Waals surface area contributed by atoms with Crippen molar-refractivity contribution in [3.8, 4) is 22.6 Å². The van der Waals surface area contributed by atoms with E-state index in [0.29, 0.717) is 19.6 Å². The summed E-state index contributed by atoms with van der Waals surface area (Å²) in [6, 6.07) is 12.2.